The first-order chi connectivity index (χ1) is 14.5. The van der Waals surface area contributed by atoms with Gasteiger partial charge in [-0.25, -0.2) is 9.97 Å². The SMILES string of the molecule is CC(C)(O)O.CC[C@H](CO)CCNc1nc(N)nc(Cl)c1-c1nc2ccc(C)cc2o1. The molecule has 1 aromatic carbocycles. The lowest BCUT2D eigenvalue weighted by Gasteiger charge is -2.14. The van der Waals surface area contributed by atoms with E-state index in [1.165, 1.54) is 13.8 Å². The summed E-state index contributed by atoms with van der Waals surface area (Å²) in [5.74, 6) is -0.388. The Morgan fingerprint density at radius 1 is 1.23 bits per heavy atom. The van der Waals surface area contributed by atoms with Gasteiger partial charge in [-0.3, -0.25) is 0 Å². The Morgan fingerprint density at radius 2 is 1.90 bits per heavy atom. The fourth-order valence-electron chi connectivity index (χ4n) is 2.73. The molecule has 0 fully saturated rings. The van der Waals surface area contributed by atoms with E-state index < -0.39 is 5.79 Å². The first kappa shape index (κ1) is 24.8. The number of fused-ring (bicyclic) bond motifs is 1. The van der Waals surface area contributed by atoms with Crippen molar-refractivity contribution in [2.24, 2.45) is 5.92 Å². The van der Waals surface area contributed by atoms with Crippen molar-refractivity contribution in [1.29, 1.82) is 0 Å². The van der Waals surface area contributed by atoms with Crippen molar-refractivity contribution in [2.75, 3.05) is 24.2 Å². The Balaban J connectivity index is 0.000000614. The highest BCUT2D eigenvalue weighted by Crippen LogP contribution is 2.34. The minimum atomic E-state index is -1.50. The van der Waals surface area contributed by atoms with Gasteiger partial charge in [-0.1, -0.05) is 31.0 Å². The number of oxazole rings is 1. The first-order valence-electron chi connectivity index (χ1n) is 10.0. The first-order valence-corrected chi connectivity index (χ1v) is 10.4. The van der Waals surface area contributed by atoms with Crippen molar-refractivity contribution in [2.45, 2.75) is 46.3 Å². The number of hydrogen-bond acceptors (Lipinski definition) is 9. The van der Waals surface area contributed by atoms with E-state index in [9.17, 15) is 5.11 Å². The molecule has 0 saturated carbocycles. The maximum atomic E-state index is 9.33. The summed E-state index contributed by atoms with van der Waals surface area (Å²) in [7, 11) is 0. The minimum absolute atomic E-state index is 0.0717. The van der Waals surface area contributed by atoms with Crippen LogP contribution in [0.1, 0.15) is 39.2 Å². The molecule has 0 aliphatic rings. The van der Waals surface area contributed by atoms with E-state index in [4.69, 9.17) is 32.0 Å². The Morgan fingerprint density at radius 3 is 2.52 bits per heavy atom. The number of aliphatic hydroxyl groups is 3. The van der Waals surface area contributed by atoms with Gasteiger partial charge < -0.3 is 30.8 Å². The van der Waals surface area contributed by atoms with Gasteiger partial charge in [0.25, 0.3) is 0 Å². The topological polar surface area (TPSA) is 151 Å². The van der Waals surface area contributed by atoms with E-state index in [2.05, 4.69) is 20.3 Å². The molecule has 1 atom stereocenters. The lowest BCUT2D eigenvalue weighted by atomic mass is 10.0. The Hall–Kier alpha value is -2.46. The fraction of sp³-hybridized carbons (Fsp3) is 0.476. The fourth-order valence-corrected chi connectivity index (χ4v) is 2.98. The second-order valence-corrected chi connectivity index (χ2v) is 8.11. The summed E-state index contributed by atoms with van der Waals surface area (Å²) >= 11 is 6.31. The summed E-state index contributed by atoms with van der Waals surface area (Å²) in [5, 5.41) is 28.9. The van der Waals surface area contributed by atoms with Crippen molar-refractivity contribution < 1.29 is 19.7 Å². The van der Waals surface area contributed by atoms with Crippen molar-refractivity contribution in [1.82, 2.24) is 15.0 Å². The number of halogens is 1. The van der Waals surface area contributed by atoms with Crippen molar-refractivity contribution in [3.63, 3.8) is 0 Å². The van der Waals surface area contributed by atoms with Crippen LogP contribution in [0.15, 0.2) is 22.6 Å². The smallest absolute Gasteiger partial charge is 0.234 e. The Bertz CT molecular complexity index is 993. The van der Waals surface area contributed by atoms with Crippen LogP contribution in [0.2, 0.25) is 5.15 Å². The van der Waals surface area contributed by atoms with Gasteiger partial charge in [0, 0.05) is 13.2 Å². The second kappa shape index (κ2) is 10.7. The molecular formula is C21H30ClN5O4. The predicted molar refractivity (Wildman–Crippen MR) is 122 cm³/mol. The standard InChI is InChI=1S/C18H22ClN5O2.C3H8O2/c1-3-11(9-25)6-7-21-16-14(15(19)23-18(20)24-16)17-22-12-5-4-10(2)8-13(12)26-17;1-3(2,4)5/h4-5,8,11,25H,3,6-7,9H2,1-2H3,(H3,20,21,23,24);4-5H,1-2H3/t11-;/m0./s1. The zero-order valence-electron chi connectivity index (χ0n) is 18.2. The van der Waals surface area contributed by atoms with Gasteiger partial charge in [0.1, 0.15) is 22.1 Å². The van der Waals surface area contributed by atoms with E-state index in [1.54, 1.807) is 0 Å². The molecule has 3 aromatic rings. The highest BCUT2D eigenvalue weighted by Gasteiger charge is 2.20. The number of aliphatic hydroxyl groups excluding tert-OH is 1. The van der Waals surface area contributed by atoms with Crippen LogP contribution in [0.25, 0.3) is 22.6 Å². The molecule has 0 aliphatic carbocycles. The third kappa shape index (κ3) is 7.62. The number of hydrogen-bond donors (Lipinski definition) is 5. The quantitative estimate of drug-likeness (QED) is 0.269. The molecule has 0 aliphatic heterocycles. The van der Waals surface area contributed by atoms with E-state index in [0.29, 0.717) is 29.4 Å². The third-order valence-corrected chi connectivity index (χ3v) is 4.59. The van der Waals surface area contributed by atoms with Crippen LogP contribution in [-0.4, -0.2) is 49.2 Å². The molecular weight excluding hydrogens is 422 g/mol. The molecule has 2 heterocycles. The Kier molecular flexibility index (Phi) is 8.58. The molecule has 6 N–H and O–H groups in total. The molecule has 0 spiro atoms. The number of aryl methyl sites for hydroxylation is 1. The van der Waals surface area contributed by atoms with E-state index in [1.807, 2.05) is 32.0 Å². The molecule has 170 valence electrons. The number of nitrogens with two attached hydrogens (primary N) is 1. The van der Waals surface area contributed by atoms with E-state index >= 15 is 0 Å². The third-order valence-electron chi connectivity index (χ3n) is 4.32. The van der Waals surface area contributed by atoms with E-state index in [0.717, 1.165) is 23.9 Å². The predicted octanol–water partition coefficient (Wildman–Crippen LogP) is 3.36. The zero-order chi connectivity index (χ0) is 23.2. The van der Waals surface area contributed by atoms with Crippen LogP contribution in [0.4, 0.5) is 11.8 Å². The minimum Gasteiger partial charge on any atom is -0.436 e. The van der Waals surface area contributed by atoms with Gasteiger partial charge in [0.05, 0.1) is 0 Å². The second-order valence-electron chi connectivity index (χ2n) is 7.75. The van der Waals surface area contributed by atoms with Crippen molar-refractivity contribution in [3.05, 3.63) is 28.9 Å². The largest absolute Gasteiger partial charge is 0.436 e. The number of rotatable bonds is 7. The van der Waals surface area contributed by atoms with Crippen molar-refractivity contribution >= 4 is 34.5 Å². The van der Waals surface area contributed by atoms with Crippen LogP contribution >= 0.6 is 11.6 Å². The van der Waals surface area contributed by atoms with Gasteiger partial charge >= 0.3 is 0 Å². The average molecular weight is 452 g/mol. The molecule has 10 heteroatoms. The van der Waals surface area contributed by atoms with Crippen LogP contribution in [-0.2, 0) is 0 Å². The molecule has 31 heavy (non-hydrogen) atoms. The molecule has 0 saturated heterocycles. The molecule has 2 aromatic heterocycles. The highest BCUT2D eigenvalue weighted by molar-refractivity contribution is 6.32. The van der Waals surface area contributed by atoms with Crippen LogP contribution in [0.3, 0.4) is 0 Å². The molecule has 3 rings (SSSR count). The molecule has 0 radical (unpaired) electrons. The number of nitrogens with one attached hydrogen (secondary N) is 1. The number of benzene rings is 1. The lowest BCUT2D eigenvalue weighted by Crippen LogP contribution is -2.15. The molecule has 9 nitrogen and oxygen atoms in total. The number of aromatic nitrogens is 3. The zero-order valence-corrected chi connectivity index (χ0v) is 18.9. The van der Waals surface area contributed by atoms with Crippen LogP contribution < -0.4 is 11.1 Å². The van der Waals surface area contributed by atoms with Crippen molar-refractivity contribution in [3.8, 4) is 11.5 Å². The number of nitrogens with zero attached hydrogens (tertiary/aromatic N) is 3. The number of anilines is 2. The maximum absolute atomic E-state index is 9.33. The average Bonchev–Trinajstić information content (AvgIpc) is 3.05. The van der Waals surface area contributed by atoms with Crippen LogP contribution in [0, 0.1) is 12.8 Å². The monoisotopic (exact) mass is 451 g/mol. The lowest BCUT2D eigenvalue weighted by molar-refractivity contribution is -0.127. The number of nitrogen functional groups attached to an aromatic ring is 1. The molecule has 0 bridgehead atoms. The summed E-state index contributed by atoms with van der Waals surface area (Å²) in [6.45, 7) is 7.39. The van der Waals surface area contributed by atoms with Gasteiger partial charge in [-0.2, -0.15) is 4.98 Å². The normalized spacial score (nSPS) is 12.4. The summed E-state index contributed by atoms with van der Waals surface area (Å²) in [6.07, 6.45) is 1.70. The van der Waals surface area contributed by atoms with Gasteiger partial charge in [-0.15, -0.1) is 0 Å². The summed E-state index contributed by atoms with van der Waals surface area (Å²) in [4.78, 5) is 12.8. The maximum Gasteiger partial charge on any atom is 0.234 e. The summed E-state index contributed by atoms with van der Waals surface area (Å²) < 4.78 is 5.87. The summed E-state index contributed by atoms with van der Waals surface area (Å²) in [6, 6.07) is 5.77. The molecule has 0 unspecified atom stereocenters. The van der Waals surface area contributed by atoms with Crippen LogP contribution in [0.5, 0.6) is 0 Å². The van der Waals surface area contributed by atoms with Gasteiger partial charge in [-0.05, 0) is 50.8 Å². The summed E-state index contributed by atoms with van der Waals surface area (Å²) in [5.41, 5.74) is 8.71. The Labute approximate surface area is 186 Å². The molecule has 0 amide bonds. The van der Waals surface area contributed by atoms with Gasteiger partial charge in [0.2, 0.25) is 11.8 Å². The van der Waals surface area contributed by atoms with Gasteiger partial charge in [0.15, 0.2) is 11.4 Å². The van der Waals surface area contributed by atoms with E-state index in [-0.39, 0.29) is 23.6 Å². The highest BCUT2D eigenvalue weighted by atomic mass is 35.5.